The zero-order chi connectivity index (χ0) is 15.9. The first kappa shape index (κ1) is 15.5. The lowest BCUT2D eigenvalue weighted by Crippen LogP contribution is -2.31. The van der Waals surface area contributed by atoms with Gasteiger partial charge in [0.05, 0.1) is 11.0 Å². The molecule has 22 heavy (non-hydrogen) atoms. The Morgan fingerprint density at radius 2 is 1.82 bits per heavy atom. The van der Waals surface area contributed by atoms with Crippen LogP contribution in [0.25, 0.3) is 0 Å². The number of nitro groups is 1. The van der Waals surface area contributed by atoms with Crippen LogP contribution >= 0.6 is 0 Å². The van der Waals surface area contributed by atoms with Crippen LogP contribution in [0.1, 0.15) is 18.5 Å². The zero-order valence-electron chi connectivity index (χ0n) is 12.1. The van der Waals surface area contributed by atoms with Gasteiger partial charge >= 0.3 is 5.69 Å². The molecule has 0 saturated carbocycles. The van der Waals surface area contributed by atoms with E-state index in [1.807, 2.05) is 37.3 Å². The molecular weight excluding hydrogens is 284 g/mol. The number of ether oxygens (including phenoxy) is 1. The van der Waals surface area contributed by atoms with E-state index in [1.54, 1.807) is 12.1 Å². The lowest BCUT2D eigenvalue weighted by atomic mass is 10.1. The average molecular weight is 300 g/mol. The van der Waals surface area contributed by atoms with Crippen molar-refractivity contribution in [1.29, 1.82) is 0 Å². The predicted molar refractivity (Wildman–Crippen MR) is 81.6 cm³/mol. The maximum atomic E-state index is 11.9. The molecule has 6 heteroatoms. The zero-order valence-corrected chi connectivity index (χ0v) is 12.1. The van der Waals surface area contributed by atoms with Gasteiger partial charge < -0.3 is 10.1 Å². The monoisotopic (exact) mass is 300 g/mol. The lowest BCUT2D eigenvalue weighted by molar-refractivity contribution is -0.385. The standard InChI is InChI=1S/C16H16N2O4/c1-12(13-7-3-2-4-8-13)17-16(19)11-22-15-10-6-5-9-14(15)18(20)21/h2-10,12H,11H2,1H3,(H,17,19)/t12-/m1/s1. The normalized spacial score (nSPS) is 11.5. The number of benzene rings is 2. The van der Waals surface area contributed by atoms with Gasteiger partial charge in [0.1, 0.15) is 0 Å². The number of para-hydroxylation sites is 2. The highest BCUT2D eigenvalue weighted by Crippen LogP contribution is 2.25. The molecule has 6 nitrogen and oxygen atoms in total. The molecule has 1 atom stereocenters. The number of carbonyl (C=O) groups is 1. The lowest BCUT2D eigenvalue weighted by Gasteiger charge is -2.14. The van der Waals surface area contributed by atoms with E-state index in [9.17, 15) is 14.9 Å². The van der Waals surface area contributed by atoms with Crippen molar-refractivity contribution in [3.8, 4) is 5.75 Å². The van der Waals surface area contributed by atoms with Crippen LogP contribution in [0, 0.1) is 10.1 Å². The van der Waals surface area contributed by atoms with Crippen molar-refractivity contribution in [2.75, 3.05) is 6.61 Å². The Labute approximate surface area is 127 Å². The number of hydrogen-bond acceptors (Lipinski definition) is 4. The molecule has 0 fully saturated rings. The van der Waals surface area contributed by atoms with E-state index in [2.05, 4.69) is 5.32 Å². The van der Waals surface area contributed by atoms with Crippen molar-refractivity contribution in [3.63, 3.8) is 0 Å². The van der Waals surface area contributed by atoms with Gasteiger partial charge in [-0.3, -0.25) is 14.9 Å². The number of amides is 1. The molecule has 0 spiro atoms. The Bertz CT molecular complexity index is 658. The van der Waals surface area contributed by atoms with Crippen LogP contribution in [0.3, 0.4) is 0 Å². The fourth-order valence-corrected chi connectivity index (χ4v) is 1.98. The van der Waals surface area contributed by atoms with Crippen molar-refractivity contribution < 1.29 is 14.5 Å². The summed E-state index contributed by atoms with van der Waals surface area (Å²) in [7, 11) is 0. The largest absolute Gasteiger partial charge is 0.477 e. The van der Waals surface area contributed by atoms with Crippen molar-refractivity contribution >= 4 is 11.6 Å². The van der Waals surface area contributed by atoms with Crippen LogP contribution in [0.5, 0.6) is 5.75 Å². The second-order valence-electron chi connectivity index (χ2n) is 4.71. The van der Waals surface area contributed by atoms with E-state index in [1.165, 1.54) is 12.1 Å². The van der Waals surface area contributed by atoms with E-state index < -0.39 is 4.92 Å². The topological polar surface area (TPSA) is 81.5 Å². The first-order valence-corrected chi connectivity index (χ1v) is 6.78. The van der Waals surface area contributed by atoms with E-state index in [0.29, 0.717) is 0 Å². The Balaban J connectivity index is 1.92. The van der Waals surface area contributed by atoms with Crippen molar-refractivity contribution in [3.05, 3.63) is 70.3 Å². The molecule has 0 aliphatic heterocycles. The van der Waals surface area contributed by atoms with Gasteiger partial charge in [-0.2, -0.15) is 0 Å². The molecule has 0 radical (unpaired) electrons. The van der Waals surface area contributed by atoms with E-state index in [0.717, 1.165) is 5.56 Å². The van der Waals surface area contributed by atoms with Gasteiger partial charge in [0.15, 0.2) is 12.4 Å². The second kappa shape index (κ2) is 7.21. The quantitative estimate of drug-likeness (QED) is 0.657. The molecule has 1 N–H and O–H groups in total. The minimum Gasteiger partial charge on any atom is -0.477 e. The van der Waals surface area contributed by atoms with Crippen LogP contribution in [0.4, 0.5) is 5.69 Å². The van der Waals surface area contributed by atoms with Gasteiger partial charge in [0.25, 0.3) is 5.91 Å². The fraction of sp³-hybridized carbons (Fsp3) is 0.188. The molecule has 2 aromatic rings. The van der Waals surface area contributed by atoms with Crippen LogP contribution in [0.2, 0.25) is 0 Å². The van der Waals surface area contributed by atoms with Gasteiger partial charge in [0, 0.05) is 6.07 Å². The molecule has 2 rings (SSSR count). The maximum absolute atomic E-state index is 11.9. The summed E-state index contributed by atoms with van der Waals surface area (Å²) in [6.45, 7) is 1.58. The molecule has 2 aromatic carbocycles. The summed E-state index contributed by atoms with van der Waals surface area (Å²) in [6.07, 6.45) is 0. The summed E-state index contributed by atoms with van der Waals surface area (Å²) >= 11 is 0. The minimum absolute atomic E-state index is 0.0787. The Morgan fingerprint density at radius 3 is 2.50 bits per heavy atom. The summed E-state index contributed by atoms with van der Waals surface area (Å²) in [5.74, 6) is -0.260. The third-order valence-corrected chi connectivity index (χ3v) is 3.10. The van der Waals surface area contributed by atoms with Crippen molar-refractivity contribution in [2.45, 2.75) is 13.0 Å². The van der Waals surface area contributed by atoms with Crippen molar-refractivity contribution in [2.24, 2.45) is 0 Å². The molecule has 0 aliphatic carbocycles. The average Bonchev–Trinajstić information content (AvgIpc) is 2.54. The van der Waals surface area contributed by atoms with Gasteiger partial charge in [-0.25, -0.2) is 0 Å². The van der Waals surface area contributed by atoms with Gasteiger partial charge in [-0.1, -0.05) is 42.5 Å². The number of rotatable bonds is 6. The molecule has 0 saturated heterocycles. The number of nitrogens with zero attached hydrogens (tertiary/aromatic N) is 1. The van der Waals surface area contributed by atoms with Crippen LogP contribution in [0.15, 0.2) is 54.6 Å². The number of nitro benzene ring substituents is 1. The summed E-state index contributed by atoms with van der Waals surface area (Å²) in [6, 6.07) is 15.3. The number of hydrogen-bond donors (Lipinski definition) is 1. The molecule has 0 heterocycles. The molecule has 1 amide bonds. The smallest absolute Gasteiger partial charge is 0.310 e. The first-order chi connectivity index (χ1) is 10.6. The molecule has 0 aromatic heterocycles. The van der Waals surface area contributed by atoms with Gasteiger partial charge in [0.2, 0.25) is 0 Å². The fourth-order valence-electron chi connectivity index (χ4n) is 1.98. The Kier molecular flexibility index (Phi) is 5.08. The Hall–Kier alpha value is -2.89. The van der Waals surface area contributed by atoms with Gasteiger partial charge in [-0.05, 0) is 18.6 Å². The van der Waals surface area contributed by atoms with E-state index in [-0.39, 0.29) is 30.0 Å². The molecule has 0 bridgehead atoms. The highest BCUT2D eigenvalue weighted by atomic mass is 16.6. The molecule has 114 valence electrons. The predicted octanol–water partition coefficient (Wildman–Crippen LogP) is 2.85. The highest BCUT2D eigenvalue weighted by Gasteiger charge is 2.15. The molecule has 0 unspecified atom stereocenters. The van der Waals surface area contributed by atoms with Gasteiger partial charge in [-0.15, -0.1) is 0 Å². The molecule has 0 aliphatic rings. The first-order valence-electron chi connectivity index (χ1n) is 6.78. The summed E-state index contributed by atoms with van der Waals surface area (Å²) < 4.78 is 5.24. The SMILES string of the molecule is C[C@@H](NC(=O)COc1ccccc1[N+](=O)[O-])c1ccccc1. The minimum atomic E-state index is -0.542. The van der Waals surface area contributed by atoms with Crippen molar-refractivity contribution in [1.82, 2.24) is 5.32 Å². The Morgan fingerprint density at radius 1 is 1.18 bits per heavy atom. The van der Waals surface area contributed by atoms with Crippen LogP contribution in [-0.4, -0.2) is 17.4 Å². The highest BCUT2D eigenvalue weighted by molar-refractivity contribution is 5.78. The summed E-state index contributed by atoms with van der Waals surface area (Å²) in [5.41, 5.74) is 0.813. The van der Waals surface area contributed by atoms with E-state index >= 15 is 0 Å². The number of carbonyl (C=O) groups excluding carboxylic acids is 1. The summed E-state index contributed by atoms with van der Waals surface area (Å²) in [4.78, 5) is 22.2. The van der Waals surface area contributed by atoms with Crippen LogP contribution in [-0.2, 0) is 4.79 Å². The molecular formula is C16H16N2O4. The summed E-state index contributed by atoms with van der Waals surface area (Å²) in [5, 5.41) is 13.6. The maximum Gasteiger partial charge on any atom is 0.310 e. The van der Waals surface area contributed by atoms with E-state index in [4.69, 9.17) is 4.74 Å². The third-order valence-electron chi connectivity index (χ3n) is 3.10. The van der Waals surface area contributed by atoms with Crippen LogP contribution < -0.4 is 10.1 Å². The second-order valence-corrected chi connectivity index (χ2v) is 4.71. The third kappa shape index (κ3) is 4.05. The number of nitrogens with one attached hydrogen (secondary N) is 1.